The summed E-state index contributed by atoms with van der Waals surface area (Å²) < 4.78 is 0. The average molecular weight is 134 g/mol. The summed E-state index contributed by atoms with van der Waals surface area (Å²) in [6.07, 6.45) is 1.68. The molecule has 0 spiro atoms. The van der Waals surface area contributed by atoms with Crippen LogP contribution in [0.4, 0.5) is 0 Å². The van der Waals surface area contributed by atoms with E-state index in [9.17, 15) is 0 Å². The first kappa shape index (κ1) is 6.33. The number of hydrogen-bond acceptors (Lipinski definition) is 1. The van der Waals surface area contributed by atoms with Crippen LogP contribution in [-0.4, -0.2) is 18.1 Å². The van der Waals surface area contributed by atoms with Gasteiger partial charge in [0, 0.05) is 5.38 Å². The van der Waals surface area contributed by atoms with Crippen molar-refractivity contribution in [2.24, 2.45) is 0 Å². The van der Waals surface area contributed by atoms with Gasteiger partial charge >= 0.3 is 0 Å². The van der Waals surface area contributed by atoms with Gasteiger partial charge in [0.15, 0.2) is 0 Å². The zero-order chi connectivity index (χ0) is 5.98. The molecule has 47 valence electrons. The molecule has 2 nitrogen and oxygen atoms in total. The van der Waals surface area contributed by atoms with E-state index >= 15 is 0 Å². The van der Waals surface area contributed by atoms with Crippen LogP contribution in [-0.2, 0) is 0 Å². The third kappa shape index (κ3) is 1.62. The summed E-state index contributed by atoms with van der Waals surface area (Å²) in [5, 5.41) is 3.23. The van der Waals surface area contributed by atoms with E-state index < -0.39 is 0 Å². The van der Waals surface area contributed by atoms with E-state index in [0.29, 0.717) is 0 Å². The minimum atomic E-state index is -0.119. The predicted molar refractivity (Wildman–Crippen MR) is 33.8 cm³/mol. The van der Waals surface area contributed by atoms with Gasteiger partial charge < -0.3 is 5.32 Å². The minimum absolute atomic E-state index is 0.119. The highest BCUT2D eigenvalue weighted by Gasteiger charge is 2.15. The molecule has 0 saturated carbocycles. The number of rotatable bonds is 0. The Hall–Kier alpha value is 0.210. The molecule has 1 radical (unpaired) electrons. The Bertz CT molecular complexity index is 68.8. The molecule has 1 rings (SSSR count). The van der Waals surface area contributed by atoms with Gasteiger partial charge in [0.1, 0.15) is 0 Å². The van der Waals surface area contributed by atoms with Crippen LogP contribution in [0.5, 0.6) is 0 Å². The van der Waals surface area contributed by atoms with Gasteiger partial charge in [-0.25, -0.2) is 5.73 Å². The molecule has 0 aromatic carbocycles. The normalized spacial score (nSPS) is 39.8. The monoisotopic (exact) mass is 133 g/mol. The van der Waals surface area contributed by atoms with Crippen molar-refractivity contribution in [3.63, 3.8) is 0 Å². The molecule has 0 aliphatic carbocycles. The largest absolute Gasteiger partial charge is 0.301 e. The highest BCUT2D eigenvalue weighted by Crippen LogP contribution is 2.11. The number of hydrogen-bond donors (Lipinski definition) is 1. The van der Waals surface area contributed by atoms with Gasteiger partial charge in [0.05, 0.1) is 6.17 Å². The highest BCUT2D eigenvalue weighted by molar-refractivity contribution is 6.20. The fourth-order valence-electron chi connectivity index (χ4n) is 0.871. The Morgan fingerprint density at radius 2 is 2.38 bits per heavy atom. The van der Waals surface area contributed by atoms with Crippen LogP contribution in [0.2, 0.25) is 0 Å². The first-order valence-corrected chi connectivity index (χ1v) is 3.31. The first-order chi connectivity index (χ1) is 3.79. The summed E-state index contributed by atoms with van der Waals surface area (Å²) in [6.45, 7) is 0.905. The molecular formula is C5H10ClN2. The van der Waals surface area contributed by atoms with Crippen LogP contribution < -0.4 is 11.1 Å². The van der Waals surface area contributed by atoms with Crippen LogP contribution in [0.3, 0.4) is 0 Å². The minimum Gasteiger partial charge on any atom is -0.301 e. The number of halogens is 1. The SMILES string of the molecule is [NH]C1CC(Cl)CCN1. The maximum absolute atomic E-state index is 7.21. The van der Waals surface area contributed by atoms with Crippen LogP contribution in [0.25, 0.3) is 0 Å². The molecular weight excluding hydrogens is 124 g/mol. The van der Waals surface area contributed by atoms with Gasteiger partial charge in [-0.1, -0.05) is 0 Å². The number of piperidine rings is 1. The molecule has 2 atom stereocenters. The van der Waals surface area contributed by atoms with Crippen molar-refractivity contribution in [1.82, 2.24) is 11.1 Å². The molecule has 3 heteroatoms. The van der Waals surface area contributed by atoms with Gasteiger partial charge in [-0.3, -0.25) is 0 Å². The van der Waals surface area contributed by atoms with Crippen molar-refractivity contribution in [1.29, 1.82) is 0 Å². The summed E-state index contributed by atoms with van der Waals surface area (Å²) in [4.78, 5) is 0. The lowest BCUT2D eigenvalue weighted by Gasteiger charge is -2.22. The third-order valence-electron chi connectivity index (χ3n) is 1.34. The zero-order valence-electron chi connectivity index (χ0n) is 4.65. The van der Waals surface area contributed by atoms with E-state index in [-0.39, 0.29) is 11.5 Å². The van der Waals surface area contributed by atoms with Crippen molar-refractivity contribution < 1.29 is 0 Å². The van der Waals surface area contributed by atoms with Crippen LogP contribution in [0.15, 0.2) is 0 Å². The van der Waals surface area contributed by atoms with Crippen LogP contribution >= 0.6 is 11.6 Å². The lowest BCUT2D eigenvalue weighted by molar-refractivity contribution is 0.406. The number of nitrogens with one attached hydrogen (secondary N) is 2. The zero-order valence-corrected chi connectivity index (χ0v) is 5.41. The van der Waals surface area contributed by atoms with Crippen LogP contribution in [0, 0.1) is 0 Å². The van der Waals surface area contributed by atoms with E-state index in [2.05, 4.69) is 5.32 Å². The summed E-state index contributed by atoms with van der Waals surface area (Å²) in [5.41, 5.74) is 7.21. The van der Waals surface area contributed by atoms with Crippen molar-refractivity contribution in [3.05, 3.63) is 0 Å². The molecule has 1 fully saturated rings. The van der Waals surface area contributed by atoms with E-state index in [1.807, 2.05) is 0 Å². The molecule has 2 unspecified atom stereocenters. The molecule has 0 aromatic rings. The van der Waals surface area contributed by atoms with Gasteiger partial charge in [0.2, 0.25) is 0 Å². The van der Waals surface area contributed by atoms with Crippen molar-refractivity contribution in [2.45, 2.75) is 24.4 Å². The standard InChI is InChI=1S/C5H10ClN2/c6-4-1-2-8-5(7)3-4/h4-5,7-8H,1-3H2. The fourth-order valence-corrected chi connectivity index (χ4v) is 1.16. The maximum Gasteiger partial charge on any atom is 0.0718 e. The lowest BCUT2D eigenvalue weighted by Crippen LogP contribution is -2.39. The quantitative estimate of drug-likeness (QED) is 0.483. The van der Waals surface area contributed by atoms with Gasteiger partial charge in [-0.05, 0) is 19.4 Å². The fraction of sp³-hybridized carbons (Fsp3) is 1.00. The summed E-state index contributed by atoms with van der Waals surface area (Å²) in [6, 6.07) is 0. The second-order valence-electron chi connectivity index (χ2n) is 2.13. The summed E-state index contributed by atoms with van der Waals surface area (Å²) in [7, 11) is 0. The summed E-state index contributed by atoms with van der Waals surface area (Å²) in [5.74, 6) is 0. The molecule has 0 bridgehead atoms. The molecule has 1 saturated heterocycles. The van der Waals surface area contributed by atoms with Gasteiger partial charge in [0.25, 0.3) is 0 Å². The maximum atomic E-state index is 7.21. The molecule has 0 amide bonds. The van der Waals surface area contributed by atoms with Crippen molar-refractivity contribution in [3.8, 4) is 0 Å². The predicted octanol–water partition coefficient (Wildman–Crippen LogP) is 0.586. The Labute approximate surface area is 54.4 Å². The second kappa shape index (κ2) is 2.67. The van der Waals surface area contributed by atoms with Gasteiger partial charge in [-0.15, -0.1) is 11.6 Å². The molecule has 1 heterocycles. The molecule has 8 heavy (non-hydrogen) atoms. The lowest BCUT2D eigenvalue weighted by atomic mass is 10.1. The van der Waals surface area contributed by atoms with E-state index in [1.54, 1.807) is 0 Å². The van der Waals surface area contributed by atoms with E-state index in [0.717, 1.165) is 19.4 Å². The topological polar surface area (TPSA) is 35.8 Å². The Morgan fingerprint density at radius 1 is 1.62 bits per heavy atom. The second-order valence-corrected chi connectivity index (χ2v) is 2.75. The first-order valence-electron chi connectivity index (χ1n) is 2.87. The average Bonchev–Trinajstić information content (AvgIpc) is 1.64. The Balaban J connectivity index is 2.23. The van der Waals surface area contributed by atoms with Crippen molar-refractivity contribution >= 4 is 11.6 Å². The molecule has 1 aliphatic heterocycles. The molecule has 0 aromatic heterocycles. The Kier molecular flexibility index (Phi) is 2.11. The summed E-state index contributed by atoms with van der Waals surface area (Å²) >= 11 is 5.75. The van der Waals surface area contributed by atoms with E-state index in [1.165, 1.54) is 0 Å². The van der Waals surface area contributed by atoms with Gasteiger partial charge in [-0.2, -0.15) is 0 Å². The number of alkyl halides is 1. The van der Waals surface area contributed by atoms with Crippen LogP contribution in [0.1, 0.15) is 12.8 Å². The smallest absolute Gasteiger partial charge is 0.0718 e. The van der Waals surface area contributed by atoms with E-state index in [4.69, 9.17) is 17.3 Å². The Morgan fingerprint density at radius 3 is 2.75 bits per heavy atom. The van der Waals surface area contributed by atoms with Crippen molar-refractivity contribution in [2.75, 3.05) is 6.54 Å². The highest BCUT2D eigenvalue weighted by atomic mass is 35.5. The third-order valence-corrected chi connectivity index (χ3v) is 1.74. The molecule has 2 N–H and O–H groups in total. The molecule has 1 aliphatic rings.